The summed E-state index contributed by atoms with van der Waals surface area (Å²) >= 11 is 2.31. The second kappa shape index (κ2) is 9.55. The van der Waals surface area contributed by atoms with Crippen LogP contribution in [0.1, 0.15) is 9.67 Å². The average Bonchev–Trinajstić information content (AvgIpc) is 3.49. The van der Waals surface area contributed by atoms with Crippen LogP contribution in [-0.2, 0) is 14.8 Å². The Morgan fingerprint density at radius 3 is 2.66 bits per heavy atom. The topological polar surface area (TPSA) is 107 Å². The molecule has 0 spiro atoms. The minimum absolute atomic E-state index is 0.00635. The van der Waals surface area contributed by atoms with Gasteiger partial charge in [-0.1, -0.05) is 0 Å². The Hall–Kier alpha value is -2.51. The minimum atomic E-state index is -3.79. The fourth-order valence-corrected chi connectivity index (χ4v) is 6.62. The van der Waals surface area contributed by atoms with Gasteiger partial charge in [-0.05, 0) is 29.6 Å². The summed E-state index contributed by atoms with van der Waals surface area (Å²) < 4.78 is 43.3. The number of anilines is 1. The first-order valence-electron chi connectivity index (χ1n) is 9.58. The van der Waals surface area contributed by atoms with E-state index in [2.05, 4.69) is 10.3 Å². The van der Waals surface area contributed by atoms with Gasteiger partial charge in [0.1, 0.15) is 21.3 Å². The lowest BCUT2D eigenvalue weighted by Crippen LogP contribution is -2.41. The number of thiazole rings is 1. The summed E-state index contributed by atoms with van der Waals surface area (Å²) in [5, 5.41) is 6.44. The largest absolute Gasteiger partial charge is 0.497 e. The van der Waals surface area contributed by atoms with Gasteiger partial charge in [-0.25, -0.2) is 13.4 Å². The SMILES string of the molecule is COc1ccc(OC)c(-c2csc(NC(=O)c3sccc3S(=O)(=O)N3CCOCC3)n2)c1. The Labute approximate surface area is 193 Å². The number of aromatic nitrogens is 1. The van der Waals surface area contributed by atoms with Gasteiger partial charge in [-0.3, -0.25) is 10.1 Å². The molecule has 1 N–H and O–H groups in total. The molecule has 1 saturated heterocycles. The van der Waals surface area contributed by atoms with E-state index in [1.165, 1.54) is 21.7 Å². The van der Waals surface area contributed by atoms with Crippen molar-refractivity contribution in [3.05, 3.63) is 39.9 Å². The third kappa shape index (κ3) is 4.50. The number of thiophene rings is 1. The van der Waals surface area contributed by atoms with Crippen LogP contribution >= 0.6 is 22.7 Å². The molecule has 170 valence electrons. The summed E-state index contributed by atoms with van der Waals surface area (Å²) in [4.78, 5) is 17.5. The highest BCUT2D eigenvalue weighted by Crippen LogP contribution is 2.35. The fourth-order valence-electron chi connectivity index (χ4n) is 3.22. The molecule has 1 aliphatic heterocycles. The molecular weight excluding hydrogens is 474 g/mol. The molecule has 0 unspecified atom stereocenters. The first-order chi connectivity index (χ1) is 15.4. The Kier molecular flexibility index (Phi) is 6.76. The van der Waals surface area contributed by atoms with Gasteiger partial charge < -0.3 is 14.2 Å². The maximum Gasteiger partial charge on any atom is 0.268 e. The van der Waals surface area contributed by atoms with E-state index >= 15 is 0 Å². The van der Waals surface area contributed by atoms with Crippen molar-refractivity contribution in [2.75, 3.05) is 45.8 Å². The summed E-state index contributed by atoms with van der Waals surface area (Å²) in [7, 11) is -0.651. The zero-order valence-electron chi connectivity index (χ0n) is 17.4. The van der Waals surface area contributed by atoms with Crippen LogP contribution in [0.4, 0.5) is 5.13 Å². The molecule has 3 heterocycles. The zero-order chi connectivity index (χ0) is 22.7. The van der Waals surface area contributed by atoms with Crippen molar-refractivity contribution in [1.29, 1.82) is 0 Å². The van der Waals surface area contributed by atoms with Crippen molar-refractivity contribution >= 4 is 43.7 Å². The van der Waals surface area contributed by atoms with E-state index in [0.717, 1.165) is 16.9 Å². The number of rotatable bonds is 7. The first kappa shape index (κ1) is 22.7. The van der Waals surface area contributed by atoms with Crippen molar-refractivity contribution in [3.63, 3.8) is 0 Å². The monoisotopic (exact) mass is 495 g/mol. The van der Waals surface area contributed by atoms with Gasteiger partial charge in [0.2, 0.25) is 10.0 Å². The summed E-state index contributed by atoms with van der Waals surface area (Å²) in [6.07, 6.45) is 0. The Balaban J connectivity index is 1.56. The lowest BCUT2D eigenvalue weighted by atomic mass is 10.1. The first-order valence-corrected chi connectivity index (χ1v) is 12.8. The molecular formula is C20H21N3O6S3. The molecule has 12 heteroatoms. The molecule has 0 saturated carbocycles. The predicted octanol–water partition coefficient (Wildman–Crippen LogP) is 3.16. The highest BCUT2D eigenvalue weighted by atomic mass is 32.2. The Bertz CT molecular complexity index is 1210. The molecule has 1 aliphatic rings. The van der Waals surface area contributed by atoms with Gasteiger partial charge in [0.15, 0.2) is 5.13 Å². The van der Waals surface area contributed by atoms with E-state index < -0.39 is 15.9 Å². The van der Waals surface area contributed by atoms with Crippen LogP contribution in [0.3, 0.4) is 0 Å². The van der Waals surface area contributed by atoms with E-state index in [-0.39, 0.29) is 22.9 Å². The normalized spacial score (nSPS) is 14.8. The summed E-state index contributed by atoms with van der Waals surface area (Å²) in [6, 6.07) is 6.81. The molecule has 3 aromatic rings. The number of morpholine rings is 1. The smallest absolute Gasteiger partial charge is 0.268 e. The number of benzene rings is 1. The number of sulfonamides is 1. The lowest BCUT2D eigenvalue weighted by Gasteiger charge is -2.25. The van der Waals surface area contributed by atoms with Crippen molar-refractivity contribution < 1.29 is 27.4 Å². The van der Waals surface area contributed by atoms with Crippen LogP contribution in [0.15, 0.2) is 39.9 Å². The quantitative estimate of drug-likeness (QED) is 0.536. The number of nitrogens with zero attached hydrogens (tertiary/aromatic N) is 2. The predicted molar refractivity (Wildman–Crippen MR) is 123 cm³/mol. The van der Waals surface area contributed by atoms with Crippen molar-refractivity contribution in [3.8, 4) is 22.8 Å². The van der Waals surface area contributed by atoms with Crippen molar-refractivity contribution in [2.45, 2.75) is 4.90 Å². The molecule has 0 radical (unpaired) electrons. The van der Waals surface area contributed by atoms with E-state index in [1.54, 1.807) is 43.2 Å². The molecule has 0 aliphatic carbocycles. The van der Waals surface area contributed by atoms with Crippen LogP contribution in [0.2, 0.25) is 0 Å². The maximum atomic E-state index is 13.0. The van der Waals surface area contributed by atoms with E-state index in [4.69, 9.17) is 14.2 Å². The number of methoxy groups -OCH3 is 2. The second-order valence-corrected chi connectivity index (χ2v) is 10.4. The molecule has 0 atom stereocenters. The number of amides is 1. The van der Waals surface area contributed by atoms with Crippen molar-refractivity contribution in [1.82, 2.24) is 9.29 Å². The fraction of sp³-hybridized carbons (Fsp3) is 0.300. The molecule has 4 rings (SSSR count). The number of hydrogen-bond donors (Lipinski definition) is 1. The third-order valence-electron chi connectivity index (χ3n) is 4.83. The molecule has 0 bridgehead atoms. The van der Waals surface area contributed by atoms with Crippen LogP contribution in [-0.4, -0.2) is 64.1 Å². The molecule has 1 amide bonds. The van der Waals surface area contributed by atoms with Crippen LogP contribution in [0, 0.1) is 0 Å². The Morgan fingerprint density at radius 1 is 1.16 bits per heavy atom. The van der Waals surface area contributed by atoms with E-state index in [0.29, 0.717) is 35.5 Å². The van der Waals surface area contributed by atoms with Gasteiger partial charge in [-0.2, -0.15) is 4.31 Å². The van der Waals surface area contributed by atoms with E-state index in [1.807, 2.05) is 0 Å². The van der Waals surface area contributed by atoms with E-state index in [9.17, 15) is 13.2 Å². The third-order valence-corrected chi connectivity index (χ3v) is 8.57. The number of carbonyl (C=O) groups excluding carboxylic acids is 1. The molecule has 32 heavy (non-hydrogen) atoms. The zero-order valence-corrected chi connectivity index (χ0v) is 19.8. The van der Waals surface area contributed by atoms with Gasteiger partial charge >= 0.3 is 0 Å². The van der Waals surface area contributed by atoms with Crippen molar-refractivity contribution in [2.24, 2.45) is 0 Å². The van der Waals surface area contributed by atoms with Gasteiger partial charge in [0.25, 0.3) is 5.91 Å². The van der Waals surface area contributed by atoms with Gasteiger partial charge in [0.05, 0.1) is 33.1 Å². The highest BCUT2D eigenvalue weighted by molar-refractivity contribution is 7.89. The standard InChI is InChI=1S/C20H21N3O6S3/c1-27-13-3-4-16(28-2)14(11-13)15-12-31-20(21-15)22-19(24)18-17(5-10-30-18)32(25,26)23-6-8-29-9-7-23/h3-5,10-12H,6-9H2,1-2H3,(H,21,22,24). The highest BCUT2D eigenvalue weighted by Gasteiger charge is 2.31. The van der Waals surface area contributed by atoms with Crippen LogP contribution in [0.25, 0.3) is 11.3 Å². The minimum Gasteiger partial charge on any atom is -0.497 e. The Morgan fingerprint density at radius 2 is 1.94 bits per heavy atom. The lowest BCUT2D eigenvalue weighted by molar-refractivity contribution is 0.0730. The number of carbonyl (C=O) groups is 1. The summed E-state index contributed by atoms with van der Waals surface area (Å²) in [5.41, 5.74) is 1.32. The van der Waals surface area contributed by atoms with Gasteiger partial charge in [0, 0.05) is 24.0 Å². The number of hydrogen-bond acceptors (Lipinski definition) is 9. The summed E-state index contributed by atoms with van der Waals surface area (Å²) in [5.74, 6) is 0.743. The second-order valence-electron chi connectivity index (χ2n) is 6.69. The van der Waals surface area contributed by atoms with Gasteiger partial charge in [-0.15, -0.1) is 22.7 Å². The maximum absolute atomic E-state index is 13.0. The number of ether oxygens (including phenoxy) is 3. The summed E-state index contributed by atoms with van der Waals surface area (Å²) in [6.45, 7) is 1.19. The number of nitrogens with one attached hydrogen (secondary N) is 1. The molecule has 9 nitrogen and oxygen atoms in total. The molecule has 1 aromatic carbocycles. The molecule has 2 aromatic heterocycles. The van der Waals surface area contributed by atoms with Crippen LogP contribution in [0.5, 0.6) is 11.5 Å². The van der Waals surface area contributed by atoms with Crippen LogP contribution < -0.4 is 14.8 Å². The molecule has 1 fully saturated rings. The average molecular weight is 496 g/mol.